The van der Waals surface area contributed by atoms with Crippen molar-refractivity contribution in [2.24, 2.45) is 0 Å². The molecule has 1 aromatic carbocycles. The Bertz CT molecular complexity index is 436. The smallest absolute Gasteiger partial charge is 0.180 e. The number of Topliss-reactive ketones (excluding diaryl/α,β-unsaturated/α-hetero) is 1. The number of benzene rings is 1. The van der Waals surface area contributed by atoms with E-state index in [0.717, 1.165) is 0 Å². The van der Waals surface area contributed by atoms with Crippen LogP contribution in [0.1, 0.15) is 53.9 Å². The van der Waals surface area contributed by atoms with E-state index in [4.69, 9.17) is 4.74 Å². The number of rotatable bonds is 5. The van der Waals surface area contributed by atoms with Crippen LogP contribution < -0.4 is 10.1 Å². The van der Waals surface area contributed by atoms with Crippen LogP contribution in [0.15, 0.2) is 18.2 Å². The van der Waals surface area contributed by atoms with Crippen LogP contribution in [0.2, 0.25) is 0 Å². The molecule has 3 nitrogen and oxygen atoms in total. The lowest BCUT2D eigenvalue weighted by molar-refractivity contribution is 0.0990. The Morgan fingerprint density at radius 2 is 2.05 bits per heavy atom. The van der Waals surface area contributed by atoms with Crippen LogP contribution in [0.5, 0.6) is 5.75 Å². The average molecular weight is 261 g/mol. The Morgan fingerprint density at radius 1 is 1.32 bits per heavy atom. The SMILES string of the molecule is CNCC(=O)c1cc(C2CCCCC2)ccc1OC. The number of carbonyl (C=O) groups excluding carboxylic acids is 1. The molecule has 1 N–H and O–H groups in total. The van der Waals surface area contributed by atoms with Gasteiger partial charge in [-0.1, -0.05) is 25.3 Å². The first kappa shape index (κ1) is 14.1. The Hall–Kier alpha value is -1.35. The summed E-state index contributed by atoms with van der Waals surface area (Å²) in [7, 11) is 3.40. The van der Waals surface area contributed by atoms with E-state index in [9.17, 15) is 4.79 Å². The predicted octanol–water partition coefficient (Wildman–Crippen LogP) is 3.15. The molecule has 1 aromatic rings. The molecule has 3 heteroatoms. The Balaban J connectivity index is 2.26. The number of methoxy groups -OCH3 is 1. The van der Waals surface area contributed by atoms with E-state index in [1.165, 1.54) is 37.7 Å². The molecular formula is C16H23NO2. The van der Waals surface area contributed by atoms with E-state index in [2.05, 4.69) is 11.4 Å². The van der Waals surface area contributed by atoms with Crippen molar-refractivity contribution in [2.45, 2.75) is 38.0 Å². The number of hydrogen-bond acceptors (Lipinski definition) is 3. The van der Waals surface area contributed by atoms with Gasteiger partial charge < -0.3 is 10.1 Å². The lowest BCUT2D eigenvalue weighted by Gasteiger charge is -2.23. The zero-order chi connectivity index (χ0) is 13.7. The lowest BCUT2D eigenvalue weighted by atomic mass is 9.83. The second-order valence-corrected chi connectivity index (χ2v) is 5.25. The molecule has 0 aliphatic heterocycles. The topological polar surface area (TPSA) is 38.3 Å². The Kier molecular flexibility index (Phi) is 4.97. The molecule has 0 radical (unpaired) electrons. The molecule has 0 saturated heterocycles. The maximum Gasteiger partial charge on any atom is 0.180 e. The second-order valence-electron chi connectivity index (χ2n) is 5.25. The van der Waals surface area contributed by atoms with Crippen LogP contribution in [-0.4, -0.2) is 26.5 Å². The first-order chi connectivity index (χ1) is 9.26. The molecule has 1 saturated carbocycles. The summed E-state index contributed by atoms with van der Waals surface area (Å²) in [5.41, 5.74) is 2.00. The standard InChI is InChI=1S/C16H23NO2/c1-17-11-15(18)14-10-13(8-9-16(14)19-2)12-6-4-3-5-7-12/h8-10,12,17H,3-7,11H2,1-2H3. The normalized spacial score (nSPS) is 16.3. The van der Waals surface area contributed by atoms with Gasteiger partial charge in [0.05, 0.1) is 19.2 Å². The van der Waals surface area contributed by atoms with Crippen LogP contribution in [0.3, 0.4) is 0 Å². The second kappa shape index (κ2) is 6.71. The van der Waals surface area contributed by atoms with Gasteiger partial charge in [-0.15, -0.1) is 0 Å². The van der Waals surface area contributed by atoms with Gasteiger partial charge in [0.2, 0.25) is 0 Å². The minimum absolute atomic E-state index is 0.0945. The number of ketones is 1. The van der Waals surface area contributed by atoms with Gasteiger partial charge in [0.1, 0.15) is 5.75 Å². The molecule has 1 fully saturated rings. The summed E-state index contributed by atoms with van der Waals surface area (Å²) >= 11 is 0. The van der Waals surface area contributed by atoms with Gasteiger partial charge in [0.25, 0.3) is 0 Å². The minimum Gasteiger partial charge on any atom is -0.496 e. The average Bonchev–Trinajstić information content (AvgIpc) is 2.47. The third-order valence-electron chi connectivity index (χ3n) is 3.94. The Labute approximate surface area is 115 Å². The van der Waals surface area contributed by atoms with Crippen molar-refractivity contribution >= 4 is 5.78 Å². The highest BCUT2D eigenvalue weighted by Gasteiger charge is 2.19. The molecule has 0 unspecified atom stereocenters. The molecule has 19 heavy (non-hydrogen) atoms. The molecule has 0 bridgehead atoms. The summed E-state index contributed by atoms with van der Waals surface area (Å²) in [6.45, 7) is 0.352. The van der Waals surface area contributed by atoms with Crippen molar-refractivity contribution in [3.05, 3.63) is 29.3 Å². The predicted molar refractivity (Wildman–Crippen MR) is 77.1 cm³/mol. The number of hydrogen-bond donors (Lipinski definition) is 1. The fraction of sp³-hybridized carbons (Fsp3) is 0.562. The van der Waals surface area contributed by atoms with Gasteiger partial charge in [-0.3, -0.25) is 4.79 Å². The van der Waals surface area contributed by atoms with E-state index < -0.39 is 0 Å². The fourth-order valence-electron chi connectivity index (χ4n) is 2.89. The van der Waals surface area contributed by atoms with Crippen molar-refractivity contribution in [3.63, 3.8) is 0 Å². The lowest BCUT2D eigenvalue weighted by Crippen LogP contribution is -2.19. The maximum atomic E-state index is 12.1. The van der Waals surface area contributed by atoms with E-state index >= 15 is 0 Å². The first-order valence-electron chi connectivity index (χ1n) is 7.12. The van der Waals surface area contributed by atoms with Crippen molar-refractivity contribution in [2.75, 3.05) is 20.7 Å². The largest absolute Gasteiger partial charge is 0.496 e. The van der Waals surface area contributed by atoms with E-state index in [1.807, 2.05) is 12.1 Å². The Morgan fingerprint density at radius 3 is 2.68 bits per heavy atom. The highest BCUT2D eigenvalue weighted by molar-refractivity contribution is 6.00. The van der Waals surface area contributed by atoms with Gasteiger partial charge in [-0.05, 0) is 43.5 Å². The maximum absolute atomic E-state index is 12.1. The third-order valence-corrected chi connectivity index (χ3v) is 3.94. The molecular weight excluding hydrogens is 238 g/mol. The monoisotopic (exact) mass is 261 g/mol. The van der Waals surface area contributed by atoms with Crippen LogP contribution in [0.4, 0.5) is 0 Å². The number of likely N-dealkylation sites (N-methyl/N-ethyl adjacent to an activating group) is 1. The quantitative estimate of drug-likeness (QED) is 0.827. The fourth-order valence-corrected chi connectivity index (χ4v) is 2.89. The van der Waals surface area contributed by atoms with Crippen molar-refractivity contribution in [1.29, 1.82) is 0 Å². The molecule has 0 atom stereocenters. The van der Waals surface area contributed by atoms with Gasteiger partial charge >= 0.3 is 0 Å². The van der Waals surface area contributed by atoms with Crippen LogP contribution >= 0.6 is 0 Å². The summed E-state index contributed by atoms with van der Waals surface area (Å²) in [5, 5.41) is 2.91. The summed E-state index contributed by atoms with van der Waals surface area (Å²) in [4.78, 5) is 12.1. The van der Waals surface area contributed by atoms with Gasteiger partial charge in [-0.25, -0.2) is 0 Å². The van der Waals surface area contributed by atoms with Crippen molar-refractivity contribution < 1.29 is 9.53 Å². The van der Waals surface area contributed by atoms with Gasteiger partial charge in [0, 0.05) is 0 Å². The summed E-state index contributed by atoms with van der Waals surface area (Å²) in [6, 6.07) is 6.09. The molecule has 104 valence electrons. The summed E-state index contributed by atoms with van der Waals surface area (Å²) in [6.07, 6.45) is 6.43. The molecule has 0 heterocycles. The third kappa shape index (κ3) is 3.35. The molecule has 1 aliphatic rings. The molecule has 2 rings (SSSR count). The van der Waals surface area contributed by atoms with E-state index in [-0.39, 0.29) is 5.78 Å². The summed E-state index contributed by atoms with van der Waals surface area (Å²) < 4.78 is 5.31. The molecule has 0 aromatic heterocycles. The number of ether oxygens (including phenoxy) is 1. The highest BCUT2D eigenvalue weighted by atomic mass is 16.5. The van der Waals surface area contributed by atoms with Crippen molar-refractivity contribution in [1.82, 2.24) is 5.32 Å². The highest BCUT2D eigenvalue weighted by Crippen LogP contribution is 2.34. The van der Waals surface area contributed by atoms with E-state index in [1.54, 1.807) is 14.2 Å². The number of carbonyl (C=O) groups is 1. The zero-order valence-corrected chi connectivity index (χ0v) is 11.9. The first-order valence-corrected chi connectivity index (χ1v) is 7.12. The van der Waals surface area contributed by atoms with E-state index in [0.29, 0.717) is 23.8 Å². The van der Waals surface area contributed by atoms with Crippen LogP contribution in [-0.2, 0) is 0 Å². The van der Waals surface area contributed by atoms with Crippen LogP contribution in [0.25, 0.3) is 0 Å². The van der Waals surface area contributed by atoms with Crippen LogP contribution in [0, 0.1) is 0 Å². The minimum atomic E-state index is 0.0945. The molecule has 1 aliphatic carbocycles. The molecule has 0 amide bonds. The molecule has 0 spiro atoms. The van der Waals surface area contributed by atoms with Crippen molar-refractivity contribution in [3.8, 4) is 5.75 Å². The number of nitrogens with one attached hydrogen (secondary N) is 1. The van der Waals surface area contributed by atoms with Gasteiger partial charge in [-0.2, -0.15) is 0 Å². The van der Waals surface area contributed by atoms with Gasteiger partial charge in [0.15, 0.2) is 5.78 Å². The zero-order valence-electron chi connectivity index (χ0n) is 11.9. The summed E-state index contributed by atoms with van der Waals surface area (Å²) in [5.74, 6) is 1.39.